The van der Waals surface area contributed by atoms with Gasteiger partial charge in [-0.15, -0.1) is 0 Å². The number of para-hydroxylation sites is 1. The average Bonchev–Trinajstić information content (AvgIpc) is 3.12. The summed E-state index contributed by atoms with van der Waals surface area (Å²) in [6.45, 7) is 0. The lowest BCUT2D eigenvalue weighted by Gasteiger charge is -2.09. The minimum Gasteiger partial charge on any atom is -0.457 e. The Morgan fingerprint density at radius 3 is 2.20 bits per heavy atom. The zero-order valence-corrected chi connectivity index (χ0v) is 13.3. The molecule has 0 spiro atoms. The SMILES string of the molecule is C1=C(Oc2ccncc2)NO[C@@H]1c1ccc(Oc2ccccc2)cc1. The van der Waals surface area contributed by atoms with Gasteiger partial charge in [0, 0.05) is 18.5 Å². The fourth-order valence-electron chi connectivity index (χ4n) is 2.43. The van der Waals surface area contributed by atoms with Crippen LogP contribution in [0.5, 0.6) is 17.2 Å². The number of hydroxylamine groups is 1. The summed E-state index contributed by atoms with van der Waals surface area (Å²) in [6.07, 6.45) is 5.01. The zero-order valence-electron chi connectivity index (χ0n) is 13.3. The van der Waals surface area contributed by atoms with Crippen LogP contribution >= 0.6 is 0 Å². The van der Waals surface area contributed by atoms with Crippen LogP contribution in [0.1, 0.15) is 11.7 Å². The Kier molecular flexibility index (Phi) is 4.31. The molecular formula is C20H16N2O3. The summed E-state index contributed by atoms with van der Waals surface area (Å²) in [5.41, 5.74) is 3.80. The van der Waals surface area contributed by atoms with Crippen molar-refractivity contribution in [3.8, 4) is 17.2 Å². The van der Waals surface area contributed by atoms with Gasteiger partial charge in [0.25, 0.3) is 0 Å². The van der Waals surface area contributed by atoms with E-state index in [1.54, 1.807) is 24.5 Å². The molecule has 1 atom stereocenters. The van der Waals surface area contributed by atoms with E-state index in [9.17, 15) is 0 Å². The summed E-state index contributed by atoms with van der Waals surface area (Å²) in [5.74, 6) is 2.84. The van der Waals surface area contributed by atoms with Gasteiger partial charge in [0.15, 0.2) is 0 Å². The Bertz CT molecular complexity index is 849. The molecule has 124 valence electrons. The van der Waals surface area contributed by atoms with Gasteiger partial charge in [-0.1, -0.05) is 30.3 Å². The number of nitrogens with zero attached hydrogens (tertiary/aromatic N) is 1. The fraction of sp³-hybridized carbons (Fsp3) is 0.0500. The number of benzene rings is 2. The van der Waals surface area contributed by atoms with Crippen molar-refractivity contribution in [2.24, 2.45) is 0 Å². The van der Waals surface area contributed by atoms with E-state index >= 15 is 0 Å². The highest BCUT2D eigenvalue weighted by molar-refractivity contribution is 5.35. The first-order valence-electron chi connectivity index (χ1n) is 7.91. The van der Waals surface area contributed by atoms with Crippen LogP contribution in [0.25, 0.3) is 0 Å². The number of pyridine rings is 1. The molecule has 5 heteroatoms. The van der Waals surface area contributed by atoms with E-state index in [0.29, 0.717) is 11.6 Å². The predicted molar refractivity (Wildman–Crippen MR) is 92.9 cm³/mol. The van der Waals surface area contributed by atoms with E-state index < -0.39 is 0 Å². The standard InChI is InChI=1S/C20H16N2O3/c1-2-4-16(5-3-1)23-17-8-6-15(7-9-17)19-14-20(22-25-19)24-18-10-12-21-13-11-18/h1-14,19,22H/t19-/m0/s1. The van der Waals surface area contributed by atoms with Crippen LogP contribution in [-0.2, 0) is 4.84 Å². The van der Waals surface area contributed by atoms with E-state index in [0.717, 1.165) is 17.1 Å². The zero-order chi connectivity index (χ0) is 16.9. The van der Waals surface area contributed by atoms with Crippen molar-refractivity contribution in [2.75, 3.05) is 0 Å². The van der Waals surface area contributed by atoms with Crippen molar-refractivity contribution in [3.63, 3.8) is 0 Å². The second kappa shape index (κ2) is 7.07. The smallest absolute Gasteiger partial charge is 0.216 e. The largest absolute Gasteiger partial charge is 0.457 e. The number of hydrogen-bond acceptors (Lipinski definition) is 5. The van der Waals surface area contributed by atoms with Gasteiger partial charge in [-0.2, -0.15) is 0 Å². The monoisotopic (exact) mass is 332 g/mol. The average molecular weight is 332 g/mol. The highest BCUT2D eigenvalue weighted by atomic mass is 16.7. The maximum absolute atomic E-state index is 5.79. The van der Waals surface area contributed by atoms with Crippen molar-refractivity contribution in [2.45, 2.75) is 6.10 Å². The van der Waals surface area contributed by atoms with Gasteiger partial charge in [0.05, 0.1) is 0 Å². The molecule has 1 aromatic heterocycles. The van der Waals surface area contributed by atoms with E-state index in [2.05, 4.69) is 10.5 Å². The Morgan fingerprint density at radius 2 is 1.44 bits per heavy atom. The van der Waals surface area contributed by atoms with Crippen LogP contribution in [0, 0.1) is 0 Å². The molecule has 2 aromatic carbocycles. The maximum atomic E-state index is 5.79. The Balaban J connectivity index is 1.42. The molecule has 5 nitrogen and oxygen atoms in total. The summed E-state index contributed by atoms with van der Waals surface area (Å²) >= 11 is 0. The predicted octanol–water partition coefficient (Wildman–Crippen LogP) is 4.37. The van der Waals surface area contributed by atoms with Crippen molar-refractivity contribution < 1.29 is 14.3 Å². The van der Waals surface area contributed by atoms with Crippen LogP contribution in [0.4, 0.5) is 0 Å². The summed E-state index contributed by atoms with van der Waals surface area (Å²) < 4.78 is 11.5. The number of aromatic nitrogens is 1. The molecule has 0 saturated carbocycles. The van der Waals surface area contributed by atoms with Gasteiger partial charge >= 0.3 is 0 Å². The number of rotatable bonds is 5. The van der Waals surface area contributed by atoms with Crippen molar-refractivity contribution in [1.82, 2.24) is 10.5 Å². The molecule has 4 rings (SSSR count). The summed E-state index contributed by atoms with van der Waals surface area (Å²) in [7, 11) is 0. The second-order valence-corrected chi connectivity index (χ2v) is 5.44. The topological polar surface area (TPSA) is 52.6 Å². The molecule has 3 aromatic rings. The Morgan fingerprint density at radius 1 is 0.760 bits per heavy atom. The van der Waals surface area contributed by atoms with E-state index in [4.69, 9.17) is 14.3 Å². The van der Waals surface area contributed by atoms with Gasteiger partial charge in [-0.05, 0) is 42.0 Å². The number of hydrogen-bond donors (Lipinski definition) is 1. The van der Waals surface area contributed by atoms with Crippen LogP contribution < -0.4 is 15.0 Å². The summed E-state index contributed by atoms with van der Waals surface area (Å²) in [5, 5.41) is 0. The molecule has 0 saturated heterocycles. The summed E-state index contributed by atoms with van der Waals surface area (Å²) in [4.78, 5) is 9.52. The molecule has 1 aliphatic heterocycles. The molecule has 0 radical (unpaired) electrons. The first-order valence-corrected chi connectivity index (χ1v) is 7.91. The number of nitrogens with one attached hydrogen (secondary N) is 1. The Hall–Kier alpha value is -3.31. The molecule has 0 aliphatic carbocycles. The molecule has 0 unspecified atom stereocenters. The lowest BCUT2D eigenvalue weighted by Crippen LogP contribution is -2.12. The summed E-state index contributed by atoms with van der Waals surface area (Å²) in [6, 6.07) is 21.0. The normalized spacial score (nSPS) is 16.0. The third-order valence-corrected chi connectivity index (χ3v) is 3.65. The van der Waals surface area contributed by atoms with E-state index in [-0.39, 0.29) is 6.10 Å². The van der Waals surface area contributed by atoms with Crippen molar-refractivity contribution in [1.29, 1.82) is 0 Å². The van der Waals surface area contributed by atoms with Crippen LogP contribution in [-0.4, -0.2) is 4.98 Å². The second-order valence-electron chi connectivity index (χ2n) is 5.44. The van der Waals surface area contributed by atoms with Crippen LogP contribution in [0.15, 0.2) is 91.1 Å². The lowest BCUT2D eigenvalue weighted by atomic mass is 10.1. The van der Waals surface area contributed by atoms with Gasteiger partial charge in [0.2, 0.25) is 5.88 Å². The quantitative estimate of drug-likeness (QED) is 0.752. The maximum Gasteiger partial charge on any atom is 0.216 e. The van der Waals surface area contributed by atoms with Crippen molar-refractivity contribution >= 4 is 0 Å². The molecule has 1 aliphatic rings. The third-order valence-electron chi connectivity index (χ3n) is 3.65. The van der Waals surface area contributed by atoms with Gasteiger partial charge < -0.3 is 9.47 Å². The fourth-order valence-corrected chi connectivity index (χ4v) is 2.43. The van der Waals surface area contributed by atoms with Crippen molar-refractivity contribution in [3.05, 3.63) is 96.6 Å². The first-order chi connectivity index (χ1) is 12.4. The minimum atomic E-state index is -0.220. The number of ether oxygens (including phenoxy) is 2. The minimum absolute atomic E-state index is 0.220. The van der Waals surface area contributed by atoms with Crippen LogP contribution in [0.2, 0.25) is 0 Å². The van der Waals surface area contributed by atoms with Gasteiger partial charge in [0.1, 0.15) is 23.4 Å². The highest BCUT2D eigenvalue weighted by Gasteiger charge is 2.19. The van der Waals surface area contributed by atoms with Crippen LogP contribution in [0.3, 0.4) is 0 Å². The molecular weight excluding hydrogens is 316 g/mol. The van der Waals surface area contributed by atoms with Gasteiger partial charge in [-0.3, -0.25) is 9.82 Å². The van der Waals surface area contributed by atoms with E-state index in [1.807, 2.05) is 60.7 Å². The molecule has 0 fully saturated rings. The lowest BCUT2D eigenvalue weighted by molar-refractivity contribution is 0.0273. The Labute approximate surface area is 145 Å². The molecule has 1 N–H and O–H groups in total. The third kappa shape index (κ3) is 3.79. The first kappa shape index (κ1) is 15.2. The highest BCUT2D eigenvalue weighted by Crippen LogP contribution is 2.28. The van der Waals surface area contributed by atoms with Gasteiger partial charge in [-0.25, -0.2) is 5.48 Å². The molecule has 2 heterocycles. The van der Waals surface area contributed by atoms with E-state index in [1.165, 1.54) is 0 Å². The molecule has 25 heavy (non-hydrogen) atoms. The molecule has 0 bridgehead atoms. The molecule has 0 amide bonds.